The summed E-state index contributed by atoms with van der Waals surface area (Å²) in [6, 6.07) is 19.1. The van der Waals surface area contributed by atoms with Gasteiger partial charge >= 0.3 is 0 Å². The Hall–Kier alpha value is -2.15. The molecular weight excluding hydrogens is 230 g/mol. The highest BCUT2D eigenvalue weighted by Gasteiger charge is 2.03. The minimum atomic E-state index is 0.554. The summed E-state index contributed by atoms with van der Waals surface area (Å²) in [6.07, 6.45) is 1.98. The van der Waals surface area contributed by atoms with E-state index in [9.17, 15) is 0 Å². The minimum Gasteiger partial charge on any atom is -0.256 e. The lowest BCUT2D eigenvalue weighted by Gasteiger charge is -2.08. The van der Waals surface area contributed by atoms with E-state index < -0.39 is 0 Å². The molecule has 94 valence electrons. The summed E-state index contributed by atoms with van der Waals surface area (Å²) in [5, 5.41) is 2.46. The van der Waals surface area contributed by atoms with E-state index >= 15 is 0 Å². The van der Waals surface area contributed by atoms with Crippen molar-refractivity contribution in [1.29, 1.82) is 0 Å². The highest BCUT2D eigenvalue weighted by molar-refractivity contribution is 5.85. The molecule has 0 spiro atoms. The van der Waals surface area contributed by atoms with Crippen LogP contribution in [0.15, 0.2) is 60.8 Å². The van der Waals surface area contributed by atoms with Crippen LogP contribution in [0.1, 0.15) is 25.3 Å². The second-order valence-electron chi connectivity index (χ2n) is 5.20. The van der Waals surface area contributed by atoms with Gasteiger partial charge in [0.1, 0.15) is 0 Å². The van der Waals surface area contributed by atoms with Gasteiger partial charge in [-0.05, 0) is 29.0 Å². The van der Waals surface area contributed by atoms with Gasteiger partial charge in [0.05, 0.1) is 5.69 Å². The maximum absolute atomic E-state index is 4.58. The van der Waals surface area contributed by atoms with Crippen LogP contribution >= 0.6 is 0 Å². The number of hydrogen-bond acceptors (Lipinski definition) is 1. The largest absolute Gasteiger partial charge is 0.256 e. The molecule has 1 aromatic heterocycles. The van der Waals surface area contributed by atoms with Gasteiger partial charge in [-0.15, -0.1) is 0 Å². The van der Waals surface area contributed by atoms with Crippen LogP contribution in [-0.4, -0.2) is 4.98 Å². The molecule has 0 saturated heterocycles. The van der Waals surface area contributed by atoms with Gasteiger partial charge in [-0.2, -0.15) is 0 Å². The molecule has 0 radical (unpaired) electrons. The van der Waals surface area contributed by atoms with Gasteiger partial charge in [0.25, 0.3) is 0 Å². The van der Waals surface area contributed by atoms with Crippen molar-refractivity contribution in [2.24, 2.45) is 0 Å². The zero-order valence-electron chi connectivity index (χ0n) is 11.3. The Bertz CT molecular complexity index is 699. The third kappa shape index (κ3) is 2.37. The molecule has 0 atom stereocenters. The Balaban J connectivity index is 2.10. The molecule has 0 N–H and O–H groups in total. The van der Waals surface area contributed by atoms with Gasteiger partial charge in [0.2, 0.25) is 0 Å². The van der Waals surface area contributed by atoms with Crippen molar-refractivity contribution in [2.75, 3.05) is 0 Å². The number of benzene rings is 2. The van der Waals surface area contributed by atoms with Crippen molar-refractivity contribution >= 4 is 10.8 Å². The molecule has 0 aliphatic heterocycles. The van der Waals surface area contributed by atoms with Crippen LogP contribution in [0.3, 0.4) is 0 Å². The number of hydrogen-bond donors (Lipinski definition) is 0. The maximum atomic E-state index is 4.58. The highest BCUT2D eigenvalue weighted by Crippen LogP contribution is 2.24. The van der Waals surface area contributed by atoms with E-state index in [0.29, 0.717) is 5.92 Å². The smallest absolute Gasteiger partial charge is 0.0708 e. The molecule has 3 rings (SSSR count). The molecular formula is C18H17N. The van der Waals surface area contributed by atoms with Gasteiger partial charge in [-0.25, -0.2) is 0 Å². The summed E-state index contributed by atoms with van der Waals surface area (Å²) >= 11 is 0. The Morgan fingerprint density at radius 3 is 2.37 bits per heavy atom. The average Bonchev–Trinajstić information content (AvgIpc) is 2.47. The Labute approximate surface area is 113 Å². The SMILES string of the molecule is CC(C)c1ccc2cc(-c3ccccc3)ncc2c1. The summed E-state index contributed by atoms with van der Waals surface area (Å²) in [6.45, 7) is 4.43. The summed E-state index contributed by atoms with van der Waals surface area (Å²) in [5.74, 6) is 0.554. The number of nitrogens with zero attached hydrogens (tertiary/aromatic N) is 1. The number of pyridine rings is 1. The third-order valence-electron chi connectivity index (χ3n) is 3.48. The fourth-order valence-corrected chi connectivity index (χ4v) is 2.29. The number of rotatable bonds is 2. The van der Waals surface area contributed by atoms with E-state index in [1.807, 2.05) is 24.4 Å². The van der Waals surface area contributed by atoms with E-state index in [0.717, 1.165) is 11.3 Å². The third-order valence-corrected chi connectivity index (χ3v) is 3.48. The van der Waals surface area contributed by atoms with E-state index in [-0.39, 0.29) is 0 Å². The highest BCUT2D eigenvalue weighted by atomic mass is 14.7. The minimum absolute atomic E-state index is 0.554. The summed E-state index contributed by atoms with van der Waals surface area (Å²) in [7, 11) is 0. The fraction of sp³-hybridized carbons (Fsp3) is 0.167. The first kappa shape index (κ1) is 11.9. The molecule has 2 aromatic carbocycles. The molecule has 0 amide bonds. The molecule has 19 heavy (non-hydrogen) atoms. The number of aromatic nitrogens is 1. The van der Waals surface area contributed by atoms with E-state index in [1.54, 1.807) is 0 Å². The molecule has 1 heteroatoms. The van der Waals surface area contributed by atoms with Crippen molar-refractivity contribution in [1.82, 2.24) is 4.98 Å². The van der Waals surface area contributed by atoms with Gasteiger partial charge in [-0.3, -0.25) is 4.98 Å². The van der Waals surface area contributed by atoms with Crippen molar-refractivity contribution in [3.8, 4) is 11.3 Å². The predicted octanol–water partition coefficient (Wildman–Crippen LogP) is 5.03. The molecule has 0 aliphatic rings. The summed E-state index contributed by atoms with van der Waals surface area (Å²) < 4.78 is 0. The molecule has 0 fully saturated rings. The van der Waals surface area contributed by atoms with Crippen molar-refractivity contribution in [2.45, 2.75) is 19.8 Å². The number of fused-ring (bicyclic) bond motifs is 1. The van der Waals surface area contributed by atoms with Crippen LogP contribution in [0.25, 0.3) is 22.0 Å². The van der Waals surface area contributed by atoms with Gasteiger partial charge in [-0.1, -0.05) is 56.3 Å². The van der Waals surface area contributed by atoms with Gasteiger partial charge < -0.3 is 0 Å². The van der Waals surface area contributed by atoms with Crippen molar-refractivity contribution in [3.05, 3.63) is 66.4 Å². The lowest BCUT2D eigenvalue weighted by molar-refractivity contribution is 0.868. The molecule has 0 bridgehead atoms. The molecule has 3 aromatic rings. The maximum Gasteiger partial charge on any atom is 0.0708 e. The van der Waals surface area contributed by atoms with E-state index in [1.165, 1.54) is 16.3 Å². The molecule has 1 heterocycles. The van der Waals surface area contributed by atoms with Crippen LogP contribution in [0, 0.1) is 0 Å². The second kappa shape index (κ2) is 4.85. The Morgan fingerprint density at radius 2 is 1.63 bits per heavy atom. The topological polar surface area (TPSA) is 12.9 Å². The zero-order chi connectivity index (χ0) is 13.2. The van der Waals surface area contributed by atoms with E-state index in [4.69, 9.17) is 0 Å². The average molecular weight is 247 g/mol. The lowest BCUT2D eigenvalue weighted by atomic mass is 9.99. The summed E-state index contributed by atoms with van der Waals surface area (Å²) in [5.41, 5.74) is 3.56. The lowest BCUT2D eigenvalue weighted by Crippen LogP contribution is -1.88. The zero-order valence-corrected chi connectivity index (χ0v) is 11.3. The molecule has 1 nitrogen and oxygen atoms in total. The first-order valence-electron chi connectivity index (χ1n) is 6.69. The van der Waals surface area contributed by atoms with Crippen LogP contribution in [0.4, 0.5) is 0 Å². The van der Waals surface area contributed by atoms with Crippen LogP contribution in [-0.2, 0) is 0 Å². The normalized spacial score (nSPS) is 11.1. The monoisotopic (exact) mass is 247 g/mol. The first-order valence-corrected chi connectivity index (χ1v) is 6.69. The van der Waals surface area contributed by atoms with E-state index in [2.05, 4.69) is 55.2 Å². The summed E-state index contributed by atoms with van der Waals surface area (Å²) in [4.78, 5) is 4.58. The first-order chi connectivity index (χ1) is 9.24. The fourth-order valence-electron chi connectivity index (χ4n) is 2.29. The predicted molar refractivity (Wildman–Crippen MR) is 81.3 cm³/mol. The van der Waals surface area contributed by atoms with Gasteiger partial charge in [0.15, 0.2) is 0 Å². The Morgan fingerprint density at radius 1 is 0.842 bits per heavy atom. The van der Waals surface area contributed by atoms with Crippen molar-refractivity contribution < 1.29 is 0 Å². The molecule has 0 aliphatic carbocycles. The quantitative estimate of drug-likeness (QED) is 0.619. The van der Waals surface area contributed by atoms with Crippen LogP contribution in [0.2, 0.25) is 0 Å². The van der Waals surface area contributed by atoms with Crippen molar-refractivity contribution in [3.63, 3.8) is 0 Å². The van der Waals surface area contributed by atoms with Crippen LogP contribution < -0.4 is 0 Å². The standard InChI is InChI=1S/C18H17N/c1-13(2)15-8-9-16-11-18(19-12-17(16)10-15)14-6-4-3-5-7-14/h3-13H,1-2H3. The second-order valence-corrected chi connectivity index (χ2v) is 5.20. The molecule has 0 saturated carbocycles. The van der Waals surface area contributed by atoms with Crippen LogP contribution in [0.5, 0.6) is 0 Å². The molecule has 0 unspecified atom stereocenters. The Kier molecular flexibility index (Phi) is 3.04. The van der Waals surface area contributed by atoms with Gasteiger partial charge in [0, 0.05) is 17.1 Å².